The summed E-state index contributed by atoms with van der Waals surface area (Å²) in [6.45, 7) is 1.74. The molecule has 2 aliphatic rings. The highest BCUT2D eigenvalue weighted by molar-refractivity contribution is 6.38. The molecule has 1 saturated heterocycles. The number of likely N-dealkylation sites (tertiary alicyclic amines) is 1. The SMILES string of the molecule is CNC(=O)Oc1c(Cl)cc2c(c1Cl)[C@]1(C)C[C@@H](C(F)(F)F)N(C)[C@H]1N2C. The van der Waals surface area contributed by atoms with E-state index in [9.17, 15) is 18.0 Å². The Hall–Kier alpha value is -1.38. The number of anilines is 1. The minimum absolute atomic E-state index is 0.0557. The highest BCUT2D eigenvalue weighted by Gasteiger charge is 2.63. The number of fused-ring (bicyclic) bond motifs is 3. The molecule has 0 radical (unpaired) electrons. The lowest BCUT2D eigenvalue weighted by Crippen LogP contribution is -2.49. The van der Waals surface area contributed by atoms with E-state index >= 15 is 0 Å². The largest absolute Gasteiger partial charge is 0.412 e. The summed E-state index contributed by atoms with van der Waals surface area (Å²) in [5, 5.41) is 2.46. The van der Waals surface area contributed by atoms with E-state index in [0.29, 0.717) is 11.3 Å². The first-order chi connectivity index (χ1) is 11.9. The molecule has 0 saturated carbocycles. The summed E-state index contributed by atoms with van der Waals surface area (Å²) >= 11 is 12.7. The molecule has 2 heterocycles. The van der Waals surface area contributed by atoms with Crippen molar-refractivity contribution >= 4 is 35.0 Å². The summed E-state index contributed by atoms with van der Waals surface area (Å²) in [6, 6.07) is -0.0238. The van der Waals surface area contributed by atoms with E-state index < -0.39 is 29.9 Å². The zero-order chi connectivity index (χ0) is 19.6. The summed E-state index contributed by atoms with van der Waals surface area (Å²) in [5.74, 6) is -0.0557. The fourth-order valence-corrected chi connectivity index (χ4v) is 5.07. The van der Waals surface area contributed by atoms with Gasteiger partial charge in [-0.1, -0.05) is 30.1 Å². The summed E-state index contributed by atoms with van der Waals surface area (Å²) in [6.07, 6.45) is -5.83. The van der Waals surface area contributed by atoms with Crippen LogP contribution in [0.25, 0.3) is 0 Å². The molecule has 144 valence electrons. The molecule has 0 spiro atoms. The second kappa shape index (κ2) is 6.07. The fraction of sp³-hybridized carbons (Fsp3) is 0.562. The molecule has 0 aromatic heterocycles. The Morgan fingerprint density at radius 1 is 1.38 bits per heavy atom. The maximum absolute atomic E-state index is 13.5. The third kappa shape index (κ3) is 2.61. The van der Waals surface area contributed by atoms with Gasteiger partial charge in [0.25, 0.3) is 0 Å². The van der Waals surface area contributed by atoms with Gasteiger partial charge in [0.1, 0.15) is 6.04 Å². The van der Waals surface area contributed by atoms with Crippen molar-refractivity contribution < 1.29 is 22.7 Å². The molecule has 1 amide bonds. The number of carbonyl (C=O) groups is 1. The number of nitrogens with zero attached hydrogens (tertiary/aromatic N) is 2. The minimum Gasteiger partial charge on any atom is -0.407 e. The Balaban J connectivity index is 2.15. The van der Waals surface area contributed by atoms with E-state index in [4.69, 9.17) is 27.9 Å². The van der Waals surface area contributed by atoms with Crippen molar-refractivity contribution in [1.29, 1.82) is 0 Å². The monoisotopic (exact) mass is 411 g/mol. The maximum atomic E-state index is 13.5. The molecule has 5 nitrogen and oxygen atoms in total. The molecule has 1 aromatic carbocycles. The number of amides is 1. The summed E-state index contributed by atoms with van der Waals surface area (Å²) < 4.78 is 45.5. The van der Waals surface area contributed by atoms with Crippen LogP contribution in [-0.4, -0.2) is 50.5 Å². The van der Waals surface area contributed by atoms with Crippen LogP contribution in [0.15, 0.2) is 6.07 Å². The Labute approximate surface area is 159 Å². The van der Waals surface area contributed by atoms with E-state index in [2.05, 4.69) is 5.32 Å². The van der Waals surface area contributed by atoms with Gasteiger partial charge in [-0.05, 0) is 19.5 Å². The first-order valence-corrected chi connectivity index (χ1v) is 8.62. The summed E-state index contributed by atoms with van der Waals surface area (Å²) in [7, 11) is 4.53. The number of likely N-dealkylation sites (N-methyl/N-ethyl adjacent to an activating group) is 2. The molecular weight excluding hydrogens is 394 g/mol. The quantitative estimate of drug-likeness (QED) is 0.757. The number of hydrogen-bond donors (Lipinski definition) is 1. The lowest BCUT2D eigenvalue weighted by molar-refractivity contribution is -0.175. The molecule has 3 atom stereocenters. The molecule has 3 rings (SSSR count). The lowest BCUT2D eigenvalue weighted by atomic mass is 9.80. The number of hydrogen-bond acceptors (Lipinski definition) is 4. The molecule has 1 fully saturated rings. The standard InChI is InChI=1S/C16H18Cl2F3N3O2/c1-15-6-9(16(19,20)21)24(4)13(15)23(3)8-5-7(17)12(11(18)10(8)15)26-14(25)22-2/h5,9,13H,6H2,1-4H3,(H,22,25)/t9-,13+,15-/m0/s1. The maximum Gasteiger partial charge on any atom is 0.412 e. The van der Waals surface area contributed by atoms with Crippen LogP contribution in [0.5, 0.6) is 5.75 Å². The van der Waals surface area contributed by atoms with Gasteiger partial charge >= 0.3 is 12.3 Å². The van der Waals surface area contributed by atoms with E-state index in [1.807, 2.05) is 0 Å². The van der Waals surface area contributed by atoms with Crippen molar-refractivity contribution in [3.63, 3.8) is 0 Å². The topological polar surface area (TPSA) is 44.8 Å². The number of carbonyl (C=O) groups excluding carboxylic acids is 1. The molecule has 1 N–H and O–H groups in total. The number of rotatable bonds is 1. The first kappa shape index (κ1) is 19.4. The van der Waals surface area contributed by atoms with Crippen LogP contribution in [0, 0.1) is 0 Å². The second-order valence-corrected chi connectivity index (χ2v) is 7.65. The third-order valence-electron chi connectivity index (χ3n) is 5.31. The average Bonchev–Trinajstić information content (AvgIpc) is 2.92. The van der Waals surface area contributed by atoms with Gasteiger partial charge in [-0.3, -0.25) is 4.90 Å². The first-order valence-electron chi connectivity index (χ1n) is 7.87. The van der Waals surface area contributed by atoms with Gasteiger partial charge in [-0.25, -0.2) is 4.79 Å². The molecule has 10 heteroatoms. The third-order valence-corrected chi connectivity index (χ3v) is 5.96. The normalized spacial score (nSPS) is 28.1. The predicted octanol–water partition coefficient (Wildman–Crippen LogP) is 4.01. The van der Waals surface area contributed by atoms with Crippen LogP contribution in [0.3, 0.4) is 0 Å². The van der Waals surface area contributed by atoms with Crippen LogP contribution >= 0.6 is 23.2 Å². The second-order valence-electron chi connectivity index (χ2n) is 6.86. The van der Waals surface area contributed by atoms with Crippen molar-refractivity contribution in [3.8, 4) is 5.75 Å². The van der Waals surface area contributed by atoms with Gasteiger partial charge in [0.15, 0.2) is 5.75 Å². The molecular formula is C16H18Cl2F3N3O2. The number of nitrogens with one attached hydrogen (secondary N) is 1. The van der Waals surface area contributed by atoms with Gasteiger partial charge < -0.3 is 15.0 Å². The van der Waals surface area contributed by atoms with Gasteiger partial charge in [-0.2, -0.15) is 13.2 Å². The Morgan fingerprint density at radius 2 is 2.00 bits per heavy atom. The van der Waals surface area contributed by atoms with Crippen LogP contribution in [0.1, 0.15) is 18.9 Å². The Bertz CT molecular complexity index is 774. The van der Waals surface area contributed by atoms with Crippen molar-refractivity contribution in [2.75, 3.05) is 26.0 Å². The smallest absolute Gasteiger partial charge is 0.407 e. The fourth-order valence-electron chi connectivity index (χ4n) is 4.33. The zero-order valence-electron chi connectivity index (χ0n) is 14.5. The van der Waals surface area contributed by atoms with Gasteiger partial charge in [0.05, 0.1) is 16.2 Å². The minimum atomic E-state index is -4.36. The van der Waals surface area contributed by atoms with Crippen molar-refractivity contribution in [2.45, 2.75) is 37.1 Å². The van der Waals surface area contributed by atoms with E-state index in [0.717, 1.165) is 0 Å². The Morgan fingerprint density at radius 3 is 2.54 bits per heavy atom. The number of benzene rings is 1. The zero-order valence-corrected chi connectivity index (χ0v) is 16.1. The van der Waals surface area contributed by atoms with Crippen LogP contribution < -0.4 is 15.0 Å². The number of ether oxygens (including phenoxy) is 1. The van der Waals surface area contributed by atoms with Gasteiger partial charge in [0, 0.05) is 30.8 Å². The van der Waals surface area contributed by atoms with E-state index in [1.54, 1.807) is 24.9 Å². The molecule has 26 heavy (non-hydrogen) atoms. The molecule has 2 aliphatic heterocycles. The molecule has 0 bridgehead atoms. The summed E-state index contributed by atoms with van der Waals surface area (Å²) in [4.78, 5) is 14.6. The van der Waals surface area contributed by atoms with Crippen molar-refractivity contribution in [2.24, 2.45) is 0 Å². The van der Waals surface area contributed by atoms with Crippen molar-refractivity contribution in [3.05, 3.63) is 21.7 Å². The van der Waals surface area contributed by atoms with E-state index in [-0.39, 0.29) is 22.2 Å². The van der Waals surface area contributed by atoms with Crippen LogP contribution in [0.2, 0.25) is 10.0 Å². The van der Waals surface area contributed by atoms with Crippen LogP contribution in [0.4, 0.5) is 23.7 Å². The molecule has 0 unspecified atom stereocenters. The van der Waals surface area contributed by atoms with Crippen molar-refractivity contribution in [1.82, 2.24) is 10.2 Å². The average molecular weight is 412 g/mol. The molecule has 1 aromatic rings. The summed E-state index contributed by atoms with van der Waals surface area (Å²) in [5.41, 5.74) is 0.236. The van der Waals surface area contributed by atoms with Gasteiger partial charge in [-0.15, -0.1) is 0 Å². The highest BCUT2D eigenvalue weighted by Crippen LogP contribution is 2.59. The van der Waals surface area contributed by atoms with Crippen LogP contribution in [-0.2, 0) is 5.41 Å². The highest BCUT2D eigenvalue weighted by atomic mass is 35.5. The van der Waals surface area contributed by atoms with Gasteiger partial charge in [0.2, 0.25) is 0 Å². The Kier molecular flexibility index (Phi) is 4.53. The number of halogens is 5. The number of alkyl halides is 3. The molecule has 0 aliphatic carbocycles. The lowest BCUT2D eigenvalue weighted by Gasteiger charge is -2.34. The van der Waals surface area contributed by atoms with E-state index in [1.165, 1.54) is 19.0 Å². The predicted molar refractivity (Wildman–Crippen MR) is 93.3 cm³/mol.